The molecule has 0 amide bonds. The molecule has 0 radical (unpaired) electrons. The van der Waals surface area contributed by atoms with Crippen molar-refractivity contribution in [2.24, 2.45) is 53.4 Å². The zero-order valence-corrected chi connectivity index (χ0v) is 23.6. The SMILES string of the molecule is CC(C)CCC[C@@H](C)[C@H]1CC[C@H]2[C@@H]3CC(=O)C4=Cc5c(c6ccccc6n5C)C[C@]4(C)[C@H]3CC[C@]12C. The van der Waals surface area contributed by atoms with Gasteiger partial charge in [-0.2, -0.15) is 0 Å². The smallest absolute Gasteiger partial charge is 0.159 e. The fourth-order valence-electron chi connectivity index (χ4n) is 10.1. The predicted molar refractivity (Wildman–Crippen MR) is 151 cm³/mol. The minimum Gasteiger partial charge on any atom is -0.344 e. The van der Waals surface area contributed by atoms with Crippen molar-refractivity contribution in [1.29, 1.82) is 0 Å². The van der Waals surface area contributed by atoms with E-state index in [1.165, 1.54) is 67.1 Å². The maximum absolute atomic E-state index is 13.9. The summed E-state index contributed by atoms with van der Waals surface area (Å²) in [6, 6.07) is 8.83. The monoisotopic (exact) mass is 485 g/mol. The lowest BCUT2D eigenvalue weighted by molar-refractivity contribution is -0.128. The van der Waals surface area contributed by atoms with Gasteiger partial charge in [0.2, 0.25) is 0 Å². The summed E-state index contributed by atoms with van der Waals surface area (Å²) < 4.78 is 2.32. The van der Waals surface area contributed by atoms with Gasteiger partial charge in [0.15, 0.2) is 5.78 Å². The number of fused-ring (bicyclic) bond motifs is 8. The molecule has 1 aromatic carbocycles. The third kappa shape index (κ3) is 3.45. The molecule has 194 valence electrons. The minimum atomic E-state index is -0.0145. The number of aromatic nitrogens is 1. The highest BCUT2D eigenvalue weighted by Crippen LogP contribution is 2.67. The van der Waals surface area contributed by atoms with Crippen LogP contribution in [0.25, 0.3) is 17.0 Å². The Hall–Kier alpha value is -1.83. The highest BCUT2D eigenvalue weighted by atomic mass is 16.1. The van der Waals surface area contributed by atoms with Crippen molar-refractivity contribution in [1.82, 2.24) is 4.57 Å². The molecule has 1 aromatic heterocycles. The van der Waals surface area contributed by atoms with Crippen molar-refractivity contribution >= 4 is 22.8 Å². The molecule has 1 heterocycles. The van der Waals surface area contributed by atoms with Gasteiger partial charge in [0, 0.05) is 41.1 Å². The van der Waals surface area contributed by atoms with Crippen LogP contribution in [0.5, 0.6) is 0 Å². The summed E-state index contributed by atoms with van der Waals surface area (Å²) in [5.41, 5.74) is 5.60. The Morgan fingerprint density at radius 2 is 1.81 bits per heavy atom. The number of nitrogens with zero attached hydrogens (tertiary/aromatic N) is 1. The van der Waals surface area contributed by atoms with Crippen LogP contribution < -0.4 is 0 Å². The van der Waals surface area contributed by atoms with E-state index in [0.717, 1.165) is 42.1 Å². The van der Waals surface area contributed by atoms with Crippen LogP contribution in [0.1, 0.15) is 97.2 Å². The molecular formula is C34H47NO. The van der Waals surface area contributed by atoms with Gasteiger partial charge in [-0.05, 0) is 90.7 Å². The van der Waals surface area contributed by atoms with Crippen LogP contribution in [0.4, 0.5) is 0 Å². The molecule has 2 nitrogen and oxygen atoms in total. The maximum atomic E-state index is 13.9. The Labute approximate surface area is 218 Å². The second-order valence-corrected chi connectivity index (χ2v) is 14.1. The summed E-state index contributed by atoms with van der Waals surface area (Å²) in [5.74, 6) is 4.86. The van der Waals surface area contributed by atoms with Gasteiger partial charge in [0.05, 0.1) is 0 Å². The molecule has 0 spiro atoms. The van der Waals surface area contributed by atoms with Crippen LogP contribution in [0.15, 0.2) is 29.8 Å². The van der Waals surface area contributed by atoms with Crippen LogP contribution in [-0.4, -0.2) is 10.4 Å². The van der Waals surface area contributed by atoms with Crippen molar-refractivity contribution in [2.45, 2.75) is 92.4 Å². The number of ketones is 1. The average molecular weight is 486 g/mol. The van der Waals surface area contributed by atoms with Gasteiger partial charge in [-0.3, -0.25) is 4.79 Å². The van der Waals surface area contributed by atoms with Crippen LogP contribution >= 0.6 is 0 Å². The summed E-state index contributed by atoms with van der Waals surface area (Å²) in [5, 5.41) is 1.39. The summed E-state index contributed by atoms with van der Waals surface area (Å²) in [4.78, 5) is 13.9. The Morgan fingerprint density at radius 1 is 1.03 bits per heavy atom. The normalized spacial score (nSPS) is 36.3. The molecule has 4 aliphatic carbocycles. The number of para-hydroxylation sites is 1. The molecule has 7 atom stereocenters. The first kappa shape index (κ1) is 24.5. The van der Waals surface area contributed by atoms with E-state index >= 15 is 0 Å². The van der Waals surface area contributed by atoms with Crippen LogP contribution in [-0.2, 0) is 18.3 Å². The number of carbonyl (C=O) groups is 1. The number of carbonyl (C=O) groups excluding carboxylic acids is 1. The lowest BCUT2D eigenvalue weighted by Crippen LogP contribution is -2.53. The fourth-order valence-corrected chi connectivity index (χ4v) is 10.1. The van der Waals surface area contributed by atoms with Crippen molar-refractivity contribution in [2.75, 3.05) is 0 Å². The van der Waals surface area contributed by atoms with E-state index in [9.17, 15) is 4.79 Å². The number of aryl methyl sites for hydroxylation is 1. The second-order valence-electron chi connectivity index (χ2n) is 14.1. The number of benzene rings is 1. The molecule has 0 bridgehead atoms. The van der Waals surface area contributed by atoms with Crippen LogP contribution in [0.3, 0.4) is 0 Å². The largest absolute Gasteiger partial charge is 0.344 e. The van der Waals surface area contributed by atoms with E-state index in [2.05, 4.69) is 76.6 Å². The Bertz CT molecular complexity index is 1220. The van der Waals surface area contributed by atoms with Gasteiger partial charge in [-0.25, -0.2) is 0 Å². The van der Waals surface area contributed by atoms with Crippen molar-refractivity contribution in [3.63, 3.8) is 0 Å². The number of hydrogen-bond donors (Lipinski definition) is 0. The van der Waals surface area contributed by atoms with Gasteiger partial charge >= 0.3 is 0 Å². The summed E-state index contributed by atoms with van der Waals surface area (Å²) >= 11 is 0. The van der Waals surface area contributed by atoms with Gasteiger partial charge in [0.1, 0.15) is 0 Å². The number of allylic oxidation sites excluding steroid dienone is 1. The lowest BCUT2D eigenvalue weighted by Gasteiger charge is -2.58. The fraction of sp³-hybridized carbons (Fsp3) is 0.676. The van der Waals surface area contributed by atoms with E-state index in [-0.39, 0.29) is 5.41 Å². The zero-order chi connectivity index (χ0) is 25.4. The maximum Gasteiger partial charge on any atom is 0.159 e. The molecule has 36 heavy (non-hydrogen) atoms. The molecule has 3 saturated carbocycles. The van der Waals surface area contributed by atoms with E-state index in [0.29, 0.717) is 23.0 Å². The van der Waals surface area contributed by atoms with Crippen molar-refractivity contribution in [3.05, 3.63) is 41.1 Å². The molecule has 2 aromatic rings. The van der Waals surface area contributed by atoms with E-state index in [1.54, 1.807) is 0 Å². The molecule has 6 rings (SSSR count). The van der Waals surface area contributed by atoms with Gasteiger partial charge in [-0.1, -0.05) is 72.1 Å². The lowest BCUT2D eigenvalue weighted by atomic mass is 9.46. The predicted octanol–water partition coefficient (Wildman–Crippen LogP) is 8.62. The Kier molecular flexibility index (Phi) is 5.86. The molecule has 0 aliphatic heterocycles. The highest BCUT2D eigenvalue weighted by molar-refractivity contribution is 6.04. The summed E-state index contributed by atoms with van der Waals surface area (Å²) in [7, 11) is 2.17. The molecule has 2 heteroatoms. The standard InChI is InChI=1S/C34H47NO/c1-21(2)10-9-11-22(3)26-14-15-27-24-18-32(36)29-19-31-25(23-12-7-8-13-30(23)35(31)6)20-34(29,5)28(24)16-17-33(26,27)4/h7-8,12-13,19,21-22,24,26-28H,9-11,14-18,20H2,1-6H3/t22-,24+,26-,27+,28+,33-,34-/m1/s1. The van der Waals surface area contributed by atoms with E-state index in [1.807, 2.05) is 0 Å². The first-order valence-electron chi connectivity index (χ1n) is 15.0. The number of rotatable bonds is 5. The number of Topliss-reactive ketones (excluding diaryl/α,β-unsaturated/α-hetero) is 1. The first-order valence-corrected chi connectivity index (χ1v) is 15.0. The highest BCUT2D eigenvalue weighted by Gasteiger charge is 2.61. The van der Waals surface area contributed by atoms with E-state index < -0.39 is 0 Å². The topological polar surface area (TPSA) is 22.0 Å². The van der Waals surface area contributed by atoms with E-state index in [4.69, 9.17) is 0 Å². The van der Waals surface area contributed by atoms with Crippen molar-refractivity contribution in [3.8, 4) is 0 Å². The van der Waals surface area contributed by atoms with Crippen LogP contribution in [0.2, 0.25) is 0 Å². The Balaban J connectivity index is 1.30. The molecule has 0 saturated heterocycles. The molecule has 4 aliphatic rings. The zero-order valence-electron chi connectivity index (χ0n) is 23.6. The molecule has 0 unspecified atom stereocenters. The Morgan fingerprint density at radius 3 is 2.58 bits per heavy atom. The van der Waals surface area contributed by atoms with Gasteiger partial charge in [-0.15, -0.1) is 0 Å². The van der Waals surface area contributed by atoms with Crippen LogP contribution in [0, 0.1) is 46.3 Å². The first-order chi connectivity index (χ1) is 17.1. The third-order valence-electron chi connectivity index (χ3n) is 11.9. The quantitative estimate of drug-likeness (QED) is 0.415. The molecular weight excluding hydrogens is 438 g/mol. The summed E-state index contributed by atoms with van der Waals surface area (Å²) in [6.45, 7) is 12.3. The average Bonchev–Trinajstić information content (AvgIpc) is 3.32. The third-order valence-corrected chi connectivity index (χ3v) is 11.9. The summed E-state index contributed by atoms with van der Waals surface area (Å²) in [6.07, 6.45) is 13.6. The van der Waals surface area contributed by atoms with Gasteiger partial charge < -0.3 is 4.57 Å². The second kappa shape index (κ2) is 8.60. The minimum absolute atomic E-state index is 0.0145. The number of hydrogen-bond acceptors (Lipinski definition) is 1. The molecule has 0 N–H and O–H groups in total. The van der Waals surface area contributed by atoms with Gasteiger partial charge in [0.25, 0.3) is 0 Å². The van der Waals surface area contributed by atoms with Crippen molar-refractivity contribution < 1.29 is 4.79 Å². The molecule has 3 fully saturated rings.